The van der Waals surface area contributed by atoms with Gasteiger partial charge in [-0.2, -0.15) is 0 Å². The molecule has 6 heteroatoms. The highest BCUT2D eigenvalue weighted by Gasteiger charge is 2.42. The molecule has 0 radical (unpaired) electrons. The normalized spacial score (nSPS) is 49.2. The van der Waals surface area contributed by atoms with Crippen LogP contribution in [-0.4, -0.2) is 55.6 Å². The largest absolute Gasteiger partial charge is 0.388 e. The van der Waals surface area contributed by atoms with Crippen LogP contribution >= 0.6 is 22.6 Å². The maximum absolute atomic E-state index is 9.27. The fourth-order valence-electron chi connectivity index (χ4n) is 1.06. The monoisotopic (exact) mass is 287 g/mol. The van der Waals surface area contributed by atoms with E-state index >= 15 is 0 Å². The lowest BCUT2D eigenvalue weighted by atomic mass is 10.0. The average molecular weight is 287 g/mol. The Kier molecular flexibility index (Phi) is 3.68. The Morgan fingerprint density at radius 1 is 1.00 bits per heavy atom. The number of ether oxygens (including phenoxy) is 1. The summed E-state index contributed by atoms with van der Waals surface area (Å²) in [6, 6.07) is 0. The topological polar surface area (TPSA) is 90.2 Å². The number of rotatable bonds is 1. The van der Waals surface area contributed by atoms with Crippen molar-refractivity contribution in [3.63, 3.8) is 0 Å². The molecule has 1 unspecified atom stereocenters. The lowest BCUT2D eigenvalue weighted by molar-refractivity contribution is -0.275. The van der Waals surface area contributed by atoms with E-state index in [1.165, 1.54) is 0 Å². The van der Waals surface area contributed by atoms with Gasteiger partial charge in [-0.05, 0) is 0 Å². The van der Waals surface area contributed by atoms with Gasteiger partial charge < -0.3 is 25.2 Å². The first-order chi connectivity index (χ1) is 5.57. The Bertz CT molecular complexity index is 150. The summed E-state index contributed by atoms with van der Waals surface area (Å²) in [4.78, 5) is 0. The van der Waals surface area contributed by atoms with Crippen LogP contribution in [0.2, 0.25) is 0 Å². The van der Waals surface area contributed by atoms with Crippen LogP contribution in [0.1, 0.15) is 0 Å². The Hall–Kier alpha value is 0.530. The molecule has 1 aliphatic rings. The van der Waals surface area contributed by atoms with Crippen molar-refractivity contribution < 1.29 is 25.2 Å². The highest BCUT2D eigenvalue weighted by Crippen LogP contribution is 2.20. The van der Waals surface area contributed by atoms with Crippen molar-refractivity contribution in [2.75, 3.05) is 4.43 Å². The van der Waals surface area contributed by atoms with Gasteiger partial charge in [0.1, 0.15) is 18.3 Å². The molecule has 0 aromatic carbocycles. The Balaban J connectivity index is 2.63. The standard InChI is InChI=1S/C6H11IO5/c7-1-2-3(8)4(9)5(10)6(11)12-2/h2-6,8-11H,1H2/t2-,3+,4+,5-,6?/m1/s1/i7-3. The van der Waals surface area contributed by atoms with Crippen LogP contribution in [-0.2, 0) is 4.74 Å². The minimum Gasteiger partial charge on any atom is -0.388 e. The molecule has 5 atom stereocenters. The van der Waals surface area contributed by atoms with Gasteiger partial charge in [0.25, 0.3) is 0 Å². The van der Waals surface area contributed by atoms with Gasteiger partial charge in [-0.1, -0.05) is 22.6 Å². The summed E-state index contributed by atoms with van der Waals surface area (Å²) < 4.78 is 5.26. The van der Waals surface area contributed by atoms with E-state index in [0.29, 0.717) is 4.43 Å². The second-order valence-electron chi connectivity index (χ2n) is 2.69. The molecule has 0 spiro atoms. The molecule has 0 aromatic rings. The molecule has 12 heavy (non-hydrogen) atoms. The van der Waals surface area contributed by atoms with E-state index in [9.17, 15) is 10.2 Å². The summed E-state index contributed by atoms with van der Waals surface area (Å²) in [5, 5.41) is 36.5. The van der Waals surface area contributed by atoms with Gasteiger partial charge in [0, 0.05) is 4.43 Å². The van der Waals surface area contributed by atoms with Crippen molar-refractivity contribution in [3.8, 4) is 0 Å². The summed E-state index contributed by atoms with van der Waals surface area (Å²) in [5.41, 5.74) is 0. The first-order valence-electron chi connectivity index (χ1n) is 3.51. The smallest absolute Gasteiger partial charge is 0.183 e. The number of halogens is 1. The third-order valence-electron chi connectivity index (χ3n) is 1.84. The summed E-state index contributed by atoms with van der Waals surface area (Å²) in [6.07, 6.45) is -5.95. The minimum atomic E-state index is -1.43. The van der Waals surface area contributed by atoms with Crippen molar-refractivity contribution in [2.45, 2.75) is 30.7 Å². The molecule has 0 saturated carbocycles. The predicted molar refractivity (Wildman–Crippen MR) is 47.8 cm³/mol. The summed E-state index contributed by atoms with van der Waals surface area (Å²) in [7, 11) is 0. The lowest BCUT2D eigenvalue weighted by Gasteiger charge is -2.37. The fraction of sp³-hybridized carbons (Fsp3) is 1.00. The Labute approximate surface area is 83.1 Å². The molecule has 1 heterocycles. The van der Waals surface area contributed by atoms with Gasteiger partial charge in [-0.15, -0.1) is 0 Å². The van der Waals surface area contributed by atoms with E-state index in [2.05, 4.69) is 0 Å². The zero-order valence-electron chi connectivity index (χ0n) is 6.17. The number of alkyl halides is 1. The molecule has 0 aliphatic carbocycles. The maximum Gasteiger partial charge on any atom is 0.183 e. The van der Waals surface area contributed by atoms with Gasteiger partial charge in [-0.3, -0.25) is 0 Å². The Morgan fingerprint density at radius 3 is 2.08 bits per heavy atom. The van der Waals surface area contributed by atoms with Crippen molar-refractivity contribution >= 4 is 22.6 Å². The van der Waals surface area contributed by atoms with Crippen LogP contribution in [0.5, 0.6) is 0 Å². The number of hydrogen-bond acceptors (Lipinski definition) is 5. The van der Waals surface area contributed by atoms with Crippen LogP contribution in [0.25, 0.3) is 0 Å². The summed E-state index contributed by atoms with van der Waals surface area (Å²) >= 11 is 1.96. The fourth-order valence-corrected chi connectivity index (χ4v) is 1.79. The molecule has 0 bridgehead atoms. The first kappa shape index (κ1) is 10.6. The van der Waals surface area contributed by atoms with Crippen molar-refractivity contribution in [2.24, 2.45) is 0 Å². The van der Waals surface area contributed by atoms with E-state index in [-0.39, 0.29) is 0 Å². The van der Waals surface area contributed by atoms with E-state index in [4.69, 9.17) is 14.9 Å². The second kappa shape index (κ2) is 4.16. The lowest BCUT2D eigenvalue weighted by Crippen LogP contribution is -2.57. The SMILES string of the molecule is OC1O[C@H](C[124I])[C@H](O)[C@H](O)[C@H]1O. The molecular weight excluding hydrogens is 276 g/mol. The van der Waals surface area contributed by atoms with E-state index in [0.717, 1.165) is 0 Å². The molecule has 1 saturated heterocycles. The number of aliphatic hydroxyl groups excluding tert-OH is 4. The number of hydrogen-bond donors (Lipinski definition) is 4. The van der Waals surface area contributed by atoms with Crippen LogP contribution in [0, 0.1) is 0 Å². The van der Waals surface area contributed by atoms with Crippen molar-refractivity contribution in [3.05, 3.63) is 0 Å². The average Bonchev–Trinajstić information content (AvgIpc) is 2.08. The van der Waals surface area contributed by atoms with Gasteiger partial charge in [0.2, 0.25) is 0 Å². The third kappa shape index (κ3) is 1.88. The van der Waals surface area contributed by atoms with Crippen LogP contribution in [0.3, 0.4) is 0 Å². The van der Waals surface area contributed by atoms with E-state index < -0.39 is 30.7 Å². The Morgan fingerprint density at radius 2 is 1.58 bits per heavy atom. The molecular formula is C6H11IO5. The van der Waals surface area contributed by atoms with Gasteiger partial charge in [0.05, 0.1) is 6.10 Å². The van der Waals surface area contributed by atoms with Crippen molar-refractivity contribution in [1.29, 1.82) is 0 Å². The van der Waals surface area contributed by atoms with Gasteiger partial charge in [-0.25, -0.2) is 0 Å². The second-order valence-corrected chi connectivity index (χ2v) is 3.57. The molecule has 0 aromatic heterocycles. The zero-order chi connectivity index (χ0) is 9.30. The van der Waals surface area contributed by atoms with Crippen LogP contribution in [0.15, 0.2) is 0 Å². The maximum atomic E-state index is 9.27. The molecule has 1 rings (SSSR count). The minimum absolute atomic E-state index is 0.444. The van der Waals surface area contributed by atoms with Crippen LogP contribution in [0.4, 0.5) is 0 Å². The van der Waals surface area contributed by atoms with Gasteiger partial charge >= 0.3 is 0 Å². The van der Waals surface area contributed by atoms with Gasteiger partial charge in [0.15, 0.2) is 6.29 Å². The third-order valence-corrected chi connectivity index (χ3v) is 2.71. The van der Waals surface area contributed by atoms with Crippen molar-refractivity contribution in [1.82, 2.24) is 0 Å². The quantitative estimate of drug-likeness (QED) is 0.338. The molecule has 1 aliphatic heterocycles. The number of aliphatic hydroxyl groups is 4. The van der Waals surface area contributed by atoms with Crippen LogP contribution < -0.4 is 0 Å². The predicted octanol–water partition coefficient (Wildman–Crippen LogP) is -1.78. The molecule has 1 fully saturated rings. The zero-order valence-corrected chi connectivity index (χ0v) is 8.33. The highest BCUT2D eigenvalue weighted by atomic mass is 124. The van der Waals surface area contributed by atoms with E-state index in [1.807, 2.05) is 22.6 Å². The molecule has 72 valence electrons. The molecule has 4 N–H and O–H groups in total. The summed E-state index contributed by atoms with van der Waals surface area (Å²) in [6.45, 7) is 0. The summed E-state index contributed by atoms with van der Waals surface area (Å²) in [5.74, 6) is 0. The highest BCUT2D eigenvalue weighted by molar-refractivity contribution is 14.1. The molecule has 5 nitrogen and oxygen atoms in total. The molecule has 0 amide bonds. The first-order valence-corrected chi connectivity index (χ1v) is 5.04. The van der Waals surface area contributed by atoms with E-state index in [1.54, 1.807) is 0 Å².